The second-order valence-electron chi connectivity index (χ2n) is 20.8. The predicted octanol–water partition coefficient (Wildman–Crippen LogP) is 16.4. The number of hydrogen-bond donors (Lipinski definition) is 0. The van der Waals surface area contributed by atoms with E-state index < -0.39 is 0 Å². The van der Waals surface area contributed by atoms with E-state index in [1.807, 2.05) is 0 Å². The second kappa shape index (κ2) is 14.1. The Morgan fingerprint density at radius 2 is 0.800 bits per heavy atom. The zero-order chi connectivity index (χ0) is 46.6. The van der Waals surface area contributed by atoms with Crippen LogP contribution < -0.4 is 15.1 Å². The van der Waals surface area contributed by atoms with Crippen LogP contribution in [0.25, 0.3) is 83.1 Å². The molecule has 70 heavy (non-hydrogen) atoms. The van der Waals surface area contributed by atoms with Gasteiger partial charge in [0, 0.05) is 72.3 Å². The Hall–Kier alpha value is -8.34. The van der Waals surface area contributed by atoms with E-state index in [4.69, 9.17) is 0 Å². The quantitative estimate of drug-likeness (QED) is 0.163. The van der Waals surface area contributed by atoms with Gasteiger partial charge in [-0.15, -0.1) is 0 Å². The van der Waals surface area contributed by atoms with Crippen molar-refractivity contribution >= 4 is 57.0 Å². The van der Waals surface area contributed by atoms with Gasteiger partial charge < -0.3 is 14.2 Å². The van der Waals surface area contributed by atoms with Crippen LogP contribution in [0.4, 0.5) is 22.7 Å². The topological polar surface area (TPSA) is 11.4 Å². The molecular formula is C66H48BN3. The van der Waals surface area contributed by atoms with Crippen molar-refractivity contribution in [1.29, 1.82) is 0 Å². The third-order valence-corrected chi connectivity index (χ3v) is 16.6. The van der Waals surface area contributed by atoms with E-state index >= 15 is 0 Å². The molecule has 10 aromatic carbocycles. The number of para-hydroxylation sites is 3. The monoisotopic (exact) mass is 893 g/mol. The molecule has 1 aromatic heterocycles. The van der Waals surface area contributed by atoms with Crippen LogP contribution in [0, 0.1) is 0 Å². The lowest BCUT2D eigenvalue weighted by molar-refractivity contribution is 0.660. The minimum Gasteiger partial charge on any atom is -0.361 e. The van der Waals surface area contributed by atoms with Crippen LogP contribution in [0.5, 0.6) is 0 Å². The molecule has 330 valence electrons. The fourth-order valence-corrected chi connectivity index (χ4v) is 13.4. The summed E-state index contributed by atoms with van der Waals surface area (Å²) < 4.78 is 2.40. The maximum atomic E-state index is 2.72. The number of hydrogen-bond acceptors (Lipinski definition) is 2. The maximum absolute atomic E-state index is 2.72. The molecule has 2 aliphatic carbocycles. The van der Waals surface area contributed by atoms with Gasteiger partial charge in [-0.1, -0.05) is 185 Å². The fraction of sp³-hybridized carbons (Fsp3) is 0.0909. The molecule has 11 aromatic rings. The molecule has 0 atom stereocenters. The van der Waals surface area contributed by atoms with Crippen LogP contribution >= 0.6 is 0 Å². The highest BCUT2D eigenvalue weighted by atomic mass is 15.2. The minimum atomic E-state index is -0.218. The minimum absolute atomic E-state index is 0.148. The van der Waals surface area contributed by atoms with Crippen molar-refractivity contribution in [3.63, 3.8) is 0 Å². The van der Waals surface area contributed by atoms with E-state index in [0.29, 0.717) is 0 Å². The van der Waals surface area contributed by atoms with Crippen molar-refractivity contribution in [2.75, 3.05) is 9.62 Å². The summed E-state index contributed by atoms with van der Waals surface area (Å²) in [5.41, 5.74) is 27.7. The predicted molar refractivity (Wildman–Crippen MR) is 295 cm³/mol. The molecule has 4 heteroatoms. The number of nitrogens with zero attached hydrogens (tertiary/aromatic N) is 3. The summed E-state index contributed by atoms with van der Waals surface area (Å²) in [5.74, 6) is 0. The highest BCUT2D eigenvalue weighted by Crippen LogP contribution is 2.59. The zero-order valence-corrected chi connectivity index (χ0v) is 39.7. The molecule has 15 rings (SSSR count). The van der Waals surface area contributed by atoms with Crippen LogP contribution in [-0.2, 0) is 10.8 Å². The molecule has 0 bridgehead atoms. The van der Waals surface area contributed by atoms with Gasteiger partial charge in [-0.2, -0.15) is 0 Å². The maximum Gasteiger partial charge on any atom is 0.421 e. The first-order chi connectivity index (χ1) is 34.3. The largest absolute Gasteiger partial charge is 0.421 e. The van der Waals surface area contributed by atoms with Gasteiger partial charge >= 0.3 is 6.98 Å². The van der Waals surface area contributed by atoms with Crippen molar-refractivity contribution in [3.8, 4) is 61.3 Å². The summed E-state index contributed by atoms with van der Waals surface area (Å²) in [6, 6.07) is 82.4. The first-order valence-electron chi connectivity index (χ1n) is 24.8. The molecule has 3 nitrogen and oxygen atoms in total. The van der Waals surface area contributed by atoms with E-state index in [1.54, 1.807) is 0 Å². The number of rotatable bonds is 4. The van der Waals surface area contributed by atoms with Gasteiger partial charge in [-0.3, -0.25) is 0 Å². The van der Waals surface area contributed by atoms with E-state index in [1.165, 1.54) is 134 Å². The highest BCUT2D eigenvalue weighted by Gasteiger charge is 2.50. The van der Waals surface area contributed by atoms with Crippen molar-refractivity contribution in [3.05, 3.63) is 241 Å². The van der Waals surface area contributed by atoms with Gasteiger partial charge in [-0.05, 0) is 122 Å². The normalized spacial score (nSPS) is 15.0. The molecule has 0 unspecified atom stereocenters. The standard InChI is InChI=1S/C66H48BN3/c1-65(2)52-27-12-8-23-48(52)62-54(65)29-17-33-60(62)69-58-32-15-11-21-44(58)46-25-16-26-47-51-40-42(41-35-37-57-50(39-41)45-22-10-14-31-56(45)68(57)43-19-6-5-7-20-43)36-38-59(51)70(67(69)64(46)47)61-34-18-30-55-63(61)49-24-9-13-28-53(49)66(55,3)4/h5-40H,1-4H3. The summed E-state index contributed by atoms with van der Waals surface area (Å²) >= 11 is 0. The lowest BCUT2D eigenvalue weighted by Crippen LogP contribution is -2.62. The van der Waals surface area contributed by atoms with Crippen molar-refractivity contribution < 1.29 is 0 Å². The molecule has 0 N–H and O–H groups in total. The number of benzene rings is 10. The molecule has 0 saturated heterocycles. The molecule has 2 aliphatic heterocycles. The van der Waals surface area contributed by atoms with Crippen molar-refractivity contribution in [2.45, 2.75) is 38.5 Å². The average molecular weight is 894 g/mol. The number of fused-ring (bicyclic) bond motifs is 13. The lowest BCUT2D eigenvalue weighted by atomic mass is 9.53. The van der Waals surface area contributed by atoms with Gasteiger partial charge in [0.1, 0.15) is 0 Å². The van der Waals surface area contributed by atoms with Gasteiger partial charge in [-0.25, -0.2) is 0 Å². The summed E-state index contributed by atoms with van der Waals surface area (Å²) in [4.78, 5) is 5.43. The third-order valence-electron chi connectivity index (χ3n) is 16.6. The first-order valence-corrected chi connectivity index (χ1v) is 24.8. The van der Waals surface area contributed by atoms with E-state index in [0.717, 1.165) is 0 Å². The van der Waals surface area contributed by atoms with Gasteiger partial charge in [0.05, 0.1) is 11.0 Å². The molecule has 0 radical (unpaired) electrons. The SMILES string of the molecule is CC1(C)c2ccccc2-c2c(N3B4c5c(cccc5-c5cc(-c6ccc7c(c6)c6ccccc6n7-c6ccccc6)ccc5N4c4cccc5c4-c4ccccc4C5(C)C)-c4ccccc43)cccc21. The van der Waals surface area contributed by atoms with Crippen LogP contribution in [0.15, 0.2) is 218 Å². The van der Waals surface area contributed by atoms with Crippen LogP contribution in [0.3, 0.4) is 0 Å². The highest BCUT2D eigenvalue weighted by molar-refractivity contribution is 6.86. The van der Waals surface area contributed by atoms with Gasteiger partial charge in [0.25, 0.3) is 0 Å². The summed E-state index contributed by atoms with van der Waals surface area (Å²) in [5, 5.41) is 2.51. The van der Waals surface area contributed by atoms with E-state index in [2.05, 4.69) is 260 Å². The smallest absolute Gasteiger partial charge is 0.361 e. The molecule has 0 spiro atoms. The summed E-state index contributed by atoms with van der Waals surface area (Å²) in [6.45, 7) is 9.37. The Morgan fingerprint density at radius 3 is 1.49 bits per heavy atom. The molecular weight excluding hydrogens is 846 g/mol. The summed E-state index contributed by atoms with van der Waals surface area (Å²) in [6.07, 6.45) is 0. The fourth-order valence-electron chi connectivity index (χ4n) is 13.4. The zero-order valence-electron chi connectivity index (χ0n) is 39.7. The van der Waals surface area contributed by atoms with E-state index in [-0.39, 0.29) is 17.8 Å². The van der Waals surface area contributed by atoms with Gasteiger partial charge in [0.15, 0.2) is 0 Å². The second-order valence-corrected chi connectivity index (χ2v) is 20.8. The third kappa shape index (κ3) is 5.15. The average Bonchev–Trinajstić information content (AvgIpc) is 3.96. The molecule has 0 amide bonds. The molecule has 3 heterocycles. The van der Waals surface area contributed by atoms with E-state index in [9.17, 15) is 0 Å². The number of aromatic nitrogens is 1. The molecule has 4 aliphatic rings. The summed E-state index contributed by atoms with van der Waals surface area (Å²) in [7, 11) is 0. The Morgan fingerprint density at radius 1 is 0.329 bits per heavy atom. The Bertz CT molecular complexity index is 4040. The van der Waals surface area contributed by atoms with Crippen LogP contribution in [-0.4, -0.2) is 11.5 Å². The number of anilines is 4. The van der Waals surface area contributed by atoms with Crippen molar-refractivity contribution in [2.24, 2.45) is 0 Å². The Labute approximate surface area is 409 Å². The first kappa shape index (κ1) is 39.6. The Kier molecular flexibility index (Phi) is 8.00. The van der Waals surface area contributed by atoms with Crippen molar-refractivity contribution in [1.82, 2.24) is 4.57 Å². The Balaban J connectivity index is 1.01. The lowest BCUT2D eigenvalue weighted by Gasteiger charge is -2.48. The van der Waals surface area contributed by atoms with Gasteiger partial charge in [0.2, 0.25) is 0 Å². The van der Waals surface area contributed by atoms with Crippen LogP contribution in [0.2, 0.25) is 0 Å². The van der Waals surface area contributed by atoms with Crippen LogP contribution in [0.1, 0.15) is 49.9 Å². The molecule has 0 fully saturated rings. The molecule has 0 saturated carbocycles.